The summed E-state index contributed by atoms with van der Waals surface area (Å²) in [6.07, 6.45) is 0.294. The van der Waals surface area contributed by atoms with Crippen LogP contribution in [0, 0.1) is 6.92 Å². The number of fused-ring (bicyclic) bond motifs is 1. The van der Waals surface area contributed by atoms with Crippen LogP contribution < -0.4 is 0 Å². The number of carbonyl (C=O) groups is 1. The summed E-state index contributed by atoms with van der Waals surface area (Å²) in [5.74, 6) is 0.734. The van der Waals surface area contributed by atoms with Crippen molar-refractivity contribution in [3.05, 3.63) is 29.6 Å². The number of hydrogen-bond acceptors (Lipinski definition) is 3. The summed E-state index contributed by atoms with van der Waals surface area (Å²) >= 11 is 0. The number of rotatable bonds is 2. The van der Waals surface area contributed by atoms with Gasteiger partial charge >= 0.3 is 5.97 Å². The van der Waals surface area contributed by atoms with Gasteiger partial charge < -0.3 is 9.30 Å². The van der Waals surface area contributed by atoms with Gasteiger partial charge in [0.15, 0.2) is 0 Å². The molecule has 92 valence electrons. The quantitative estimate of drug-likeness (QED) is 0.770. The maximum Gasteiger partial charge on any atom is 0.309 e. The Balaban J connectivity index is 0.00000144. The second-order valence-corrected chi connectivity index (χ2v) is 3.79. The van der Waals surface area contributed by atoms with Crippen LogP contribution in [0.4, 0.5) is 0 Å². The normalized spacial score (nSPS) is 10.1. The predicted molar refractivity (Wildman–Crippen MR) is 68.4 cm³/mol. The highest BCUT2D eigenvalue weighted by molar-refractivity contribution is 5.85. The van der Waals surface area contributed by atoms with Gasteiger partial charge in [0.1, 0.15) is 5.82 Å². The van der Waals surface area contributed by atoms with Gasteiger partial charge in [-0.05, 0) is 24.6 Å². The molecule has 1 aromatic heterocycles. The highest BCUT2D eigenvalue weighted by Gasteiger charge is 2.07. The number of esters is 1. The summed E-state index contributed by atoms with van der Waals surface area (Å²) in [5, 5.41) is 0. The van der Waals surface area contributed by atoms with E-state index in [4.69, 9.17) is 0 Å². The summed E-state index contributed by atoms with van der Waals surface area (Å²) in [6, 6.07) is 5.84. The van der Waals surface area contributed by atoms with E-state index in [0.717, 1.165) is 22.4 Å². The highest BCUT2D eigenvalue weighted by Crippen LogP contribution is 2.16. The zero-order chi connectivity index (χ0) is 11.7. The molecule has 1 heterocycles. The molecular weight excluding hydrogens is 240 g/mol. The topological polar surface area (TPSA) is 44.1 Å². The van der Waals surface area contributed by atoms with Gasteiger partial charge in [0.05, 0.1) is 24.6 Å². The van der Waals surface area contributed by atoms with Gasteiger partial charge in [-0.15, -0.1) is 12.4 Å². The first-order valence-electron chi connectivity index (χ1n) is 5.10. The number of halogens is 1. The Morgan fingerprint density at radius 3 is 2.82 bits per heavy atom. The number of benzene rings is 1. The Bertz CT molecular complexity index is 549. The molecule has 0 atom stereocenters. The van der Waals surface area contributed by atoms with E-state index in [1.54, 1.807) is 0 Å². The van der Waals surface area contributed by atoms with Crippen LogP contribution in [0.2, 0.25) is 0 Å². The molecule has 2 aromatic rings. The van der Waals surface area contributed by atoms with Gasteiger partial charge in [0.2, 0.25) is 0 Å². The monoisotopic (exact) mass is 254 g/mol. The molecule has 0 saturated heterocycles. The van der Waals surface area contributed by atoms with E-state index in [9.17, 15) is 4.79 Å². The Labute approximate surface area is 106 Å². The molecule has 0 aliphatic heterocycles. The van der Waals surface area contributed by atoms with Crippen LogP contribution in [0.1, 0.15) is 11.4 Å². The zero-order valence-electron chi connectivity index (χ0n) is 10.1. The molecule has 0 radical (unpaired) electrons. The highest BCUT2D eigenvalue weighted by atomic mass is 35.5. The zero-order valence-corrected chi connectivity index (χ0v) is 10.9. The fourth-order valence-electron chi connectivity index (χ4n) is 1.71. The van der Waals surface area contributed by atoms with E-state index in [1.807, 2.05) is 36.7 Å². The number of ether oxygens (including phenoxy) is 1. The lowest BCUT2D eigenvalue weighted by atomic mass is 10.1. The van der Waals surface area contributed by atoms with Crippen LogP contribution in [-0.4, -0.2) is 22.6 Å². The van der Waals surface area contributed by atoms with Crippen molar-refractivity contribution >= 4 is 29.4 Å². The van der Waals surface area contributed by atoms with Crippen LogP contribution in [0.25, 0.3) is 11.0 Å². The average Bonchev–Trinajstić information content (AvgIpc) is 2.54. The van der Waals surface area contributed by atoms with E-state index < -0.39 is 0 Å². The Hall–Kier alpha value is -1.55. The van der Waals surface area contributed by atoms with Crippen molar-refractivity contribution in [3.63, 3.8) is 0 Å². The third-order valence-electron chi connectivity index (χ3n) is 2.74. The number of aromatic nitrogens is 2. The molecule has 2 rings (SSSR count). The Morgan fingerprint density at radius 1 is 1.47 bits per heavy atom. The minimum absolute atomic E-state index is 0. The van der Waals surface area contributed by atoms with Crippen molar-refractivity contribution in [1.29, 1.82) is 0 Å². The fourth-order valence-corrected chi connectivity index (χ4v) is 1.71. The molecule has 1 aromatic carbocycles. The lowest BCUT2D eigenvalue weighted by molar-refractivity contribution is -0.139. The largest absolute Gasteiger partial charge is 0.469 e. The van der Waals surface area contributed by atoms with Gasteiger partial charge in [-0.3, -0.25) is 4.79 Å². The third-order valence-corrected chi connectivity index (χ3v) is 2.74. The summed E-state index contributed by atoms with van der Waals surface area (Å²) in [7, 11) is 3.37. The number of methoxy groups -OCH3 is 1. The van der Waals surface area contributed by atoms with Crippen LogP contribution in [-0.2, 0) is 23.0 Å². The molecule has 0 spiro atoms. The molecule has 0 unspecified atom stereocenters. The summed E-state index contributed by atoms with van der Waals surface area (Å²) in [6.45, 7) is 1.96. The van der Waals surface area contributed by atoms with E-state index in [0.29, 0.717) is 6.42 Å². The molecular formula is C12H15ClN2O2. The van der Waals surface area contributed by atoms with Crippen molar-refractivity contribution in [2.75, 3.05) is 7.11 Å². The average molecular weight is 255 g/mol. The first kappa shape index (κ1) is 13.5. The Kier molecular flexibility index (Phi) is 4.12. The maximum absolute atomic E-state index is 11.1. The van der Waals surface area contributed by atoms with E-state index in [-0.39, 0.29) is 18.4 Å². The second kappa shape index (κ2) is 5.19. The SMILES string of the molecule is COC(=O)Cc1ccc2c(c1)nc(C)n2C.Cl. The van der Waals surface area contributed by atoms with Gasteiger partial charge in [0, 0.05) is 7.05 Å². The van der Waals surface area contributed by atoms with Gasteiger partial charge in [-0.1, -0.05) is 6.07 Å². The third kappa shape index (κ3) is 2.58. The number of hydrogen-bond donors (Lipinski definition) is 0. The second-order valence-electron chi connectivity index (χ2n) is 3.79. The predicted octanol–water partition coefficient (Wildman–Crippen LogP) is 2.02. The molecule has 0 bridgehead atoms. The van der Waals surface area contributed by atoms with E-state index in [2.05, 4.69) is 9.72 Å². The van der Waals surface area contributed by atoms with Crippen LogP contribution in [0.15, 0.2) is 18.2 Å². The molecule has 0 aliphatic carbocycles. The van der Waals surface area contributed by atoms with Crippen LogP contribution in [0.3, 0.4) is 0 Å². The standard InChI is InChI=1S/C12H14N2O2.ClH/c1-8-13-10-6-9(7-12(15)16-3)4-5-11(10)14(8)2;/h4-6H,7H2,1-3H3;1H. The first-order valence-corrected chi connectivity index (χ1v) is 5.10. The smallest absolute Gasteiger partial charge is 0.309 e. The van der Waals surface area contributed by atoms with Crippen LogP contribution in [0.5, 0.6) is 0 Å². The van der Waals surface area contributed by atoms with Crippen LogP contribution >= 0.6 is 12.4 Å². The number of imidazole rings is 1. The molecule has 0 amide bonds. The van der Waals surface area contributed by atoms with Gasteiger partial charge in [0.25, 0.3) is 0 Å². The maximum atomic E-state index is 11.1. The molecule has 0 aliphatic rings. The van der Waals surface area contributed by atoms with E-state index in [1.165, 1.54) is 7.11 Å². The molecule has 4 nitrogen and oxygen atoms in total. The number of aryl methyl sites for hydroxylation is 2. The van der Waals surface area contributed by atoms with Gasteiger partial charge in [-0.25, -0.2) is 4.98 Å². The lowest BCUT2D eigenvalue weighted by Gasteiger charge is -2.00. The van der Waals surface area contributed by atoms with Gasteiger partial charge in [-0.2, -0.15) is 0 Å². The van der Waals surface area contributed by atoms with Crippen molar-refractivity contribution in [2.24, 2.45) is 7.05 Å². The Morgan fingerprint density at radius 2 is 2.18 bits per heavy atom. The molecule has 0 N–H and O–H groups in total. The fraction of sp³-hybridized carbons (Fsp3) is 0.333. The van der Waals surface area contributed by atoms with Crippen molar-refractivity contribution < 1.29 is 9.53 Å². The molecule has 0 saturated carbocycles. The molecule has 5 heteroatoms. The summed E-state index contributed by atoms with van der Waals surface area (Å²) in [4.78, 5) is 15.6. The number of nitrogens with zero attached hydrogens (tertiary/aromatic N) is 2. The van der Waals surface area contributed by atoms with Crippen molar-refractivity contribution in [3.8, 4) is 0 Å². The minimum Gasteiger partial charge on any atom is -0.469 e. The molecule has 0 fully saturated rings. The van der Waals surface area contributed by atoms with E-state index >= 15 is 0 Å². The summed E-state index contributed by atoms with van der Waals surface area (Å²) in [5.41, 5.74) is 2.92. The first-order chi connectivity index (χ1) is 7.61. The number of carbonyl (C=O) groups excluding carboxylic acids is 1. The molecule has 17 heavy (non-hydrogen) atoms. The summed E-state index contributed by atoms with van der Waals surface area (Å²) < 4.78 is 6.66. The minimum atomic E-state index is -0.230. The van der Waals surface area contributed by atoms with Crippen molar-refractivity contribution in [2.45, 2.75) is 13.3 Å². The van der Waals surface area contributed by atoms with Crippen molar-refractivity contribution in [1.82, 2.24) is 9.55 Å². The lowest BCUT2D eigenvalue weighted by Crippen LogP contribution is -2.04.